The lowest BCUT2D eigenvalue weighted by molar-refractivity contribution is -0.118. The van der Waals surface area contributed by atoms with Crippen molar-refractivity contribution in [1.82, 2.24) is 0 Å². The maximum absolute atomic E-state index is 12.2. The Kier molecular flexibility index (Phi) is 5.52. The number of carbonyl (C=O) groups excluding carboxylic acids is 2. The average Bonchev–Trinajstić information content (AvgIpc) is 2.79. The summed E-state index contributed by atoms with van der Waals surface area (Å²) in [5.41, 5.74) is 7.71. The van der Waals surface area contributed by atoms with Gasteiger partial charge in [0.1, 0.15) is 10.8 Å². The zero-order chi connectivity index (χ0) is 18.8. The Bertz CT molecular complexity index is 803. The van der Waals surface area contributed by atoms with Gasteiger partial charge < -0.3 is 15.8 Å². The molecule has 0 atom stereocenters. The van der Waals surface area contributed by atoms with Crippen molar-refractivity contribution in [2.24, 2.45) is 5.73 Å². The van der Waals surface area contributed by atoms with Gasteiger partial charge >= 0.3 is 0 Å². The van der Waals surface area contributed by atoms with Gasteiger partial charge in [0, 0.05) is 4.88 Å². The number of carbonyl (C=O) groups is 2. The summed E-state index contributed by atoms with van der Waals surface area (Å²) in [5, 5.41) is 3.19. The van der Waals surface area contributed by atoms with Gasteiger partial charge in [0.15, 0.2) is 6.61 Å². The molecule has 0 spiro atoms. The first-order valence-corrected chi connectivity index (χ1v) is 8.84. The Morgan fingerprint density at radius 2 is 1.92 bits per heavy atom. The summed E-state index contributed by atoms with van der Waals surface area (Å²) in [5.74, 6) is -0.239. The fourth-order valence-corrected chi connectivity index (χ4v) is 3.46. The van der Waals surface area contributed by atoms with Crippen LogP contribution in [0.25, 0.3) is 0 Å². The van der Waals surface area contributed by atoms with Crippen LogP contribution in [-0.4, -0.2) is 18.4 Å². The molecule has 25 heavy (non-hydrogen) atoms. The van der Waals surface area contributed by atoms with Crippen LogP contribution in [0.1, 0.15) is 47.1 Å². The Hall–Kier alpha value is -2.34. The van der Waals surface area contributed by atoms with Crippen molar-refractivity contribution in [3.05, 3.63) is 45.8 Å². The third kappa shape index (κ3) is 4.60. The number of hydrogen-bond donors (Lipinski definition) is 2. The van der Waals surface area contributed by atoms with Crippen LogP contribution in [0.2, 0.25) is 0 Å². The molecule has 0 aliphatic heterocycles. The molecule has 0 radical (unpaired) electrons. The molecule has 3 N–H and O–H groups in total. The smallest absolute Gasteiger partial charge is 0.262 e. The lowest BCUT2D eigenvalue weighted by Gasteiger charge is -2.19. The van der Waals surface area contributed by atoms with Crippen LogP contribution in [0.4, 0.5) is 5.00 Å². The van der Waals surface area contributed by atoms with Gasteiger partial charge in [-0.2, -0.15) is 0 Å². The number of aryl methyl sites for hydroxylation is 1. The molecule has 0 saturated heterocycles. The molecule has 1 aromatic carbocycles. The summed E-state index contributed by atoms with van der Waals surface area (Å²) >= 11 is 1.34. The van der Waals surface area contributed by atoms with Crippen LogP contribution in [0, 0.1) is 13.8 Å². The van der Waals surface area contributed by atoms with Crippen molar-refractivity contribution in [3.8, 4) is 5.75 Å². The molecule has 6 heteroatoms. The number of nitrogens with two attached hydrogens (primary N) is 1. The van der Waals surface area contributed by atoms with Crippen molar-refractivity contribution in [3.63, 3.8) is 0 Å². The second kappa shape index (κ2) is 7.27. The van der Waals surface area contributed by atoms with E-state index in [0.29, 0.717) is 16.3 Å². The van der Waals surface area contributed by atoms with Gasteiger partial charge in [0.25, 0.3) is 11.8 Å². The number of ether oxygens (including phenoxy) is 1. The summed E-state index contributed by atoms with van der Waals surface area (Å²) < 4.78 is 5.59. The van der Waals surface area contributed by atoms with E-state index in [0.717, 1.165) is 16.0 Å². The number of thiophene rings is 1. The lowest BCUT2D eigenvalue weighted by atomic mass is 9.87. The highest BCUT2D eigenvalue weighted by Crippen LogP contribution is 2.32. The number of benzene rings is 1. The van der Waals surface area contributed by atoms with Crippen LogP contribution >= 0.6 is 11.3 Å². The topological polar surface area (TPSA) is 81.4 Å². The minimum Gasteiger partial charge on any atom is -0.484 e. The summed E-state index contributed by atoms with van der Waals surface area (Å²) in [6.07, 6.45) is 0. The highest BCUT2D eigenvalue weighted by Gasteiger charge is 2.19. The van der Waals surface area contributed by atoms with E-state index in [9.17, 15) is 9.59 Å². The molecule has 134 valence electrons. The predicted octanol–water partition coefficient (Wildman–Crippen LogP) is 3.78. The van der Waals surface area contributed by atoms with Crippen molar-refractivity contribution in [2.45, 2.75) is 40.0 Å². The number of amides is 2. The highest BCUT2D eigenvalue weighted by atomic mass is 32.1. The van der Waals surface area contributed by atoms with E-state index in [1.807, 2.05) is 38.1 Å². The molecule has 2 rings (SSSR count). The molecule has 1 heterocycles. The SMILES string of the molecule is Cc1sc(NC(=O)COc2cccc(C(C)(C)C)c2)c(C(N)=O)c1C. The first-order chi connectivity index (χ1) is 11.6. The molecular weight excluding hydrogens is 336 g/mol. The van der Waals surface area contributed by atoms with Crippen molar-refractivity contribution in [2.75, 3.05) is 11.9 Å². The van der Waals surface area contributed by atoms with Crippen LogP contribution in [0.3, 0.4) is 0 Å². The van der Waals surface area contributed by atoms with E-state index >= 15 is 0 Å². The van der Waals surface area contributed by atoms with Crippen LogP contribution < -0.4 is 15.8 Å². The molecule has 2 aromatic rings. The molecule has 0 unspecified atom stereocenters. The summed E-state index contributed by atoms with van der Waals surface area (Å²) in [7, 11) is 0. The molecular formula is C19H24N2O3S. The van der Waals surface area contributed by atoms with E-state index in [4.69, 9.17) is 10.5 Å². The van der Waals surface area contributed by atoms with Crippen LogP contribution in [0.5, 0.6) is 5.75 Å². The largest absolute Gasteiger partial charge is 0.484 e. The van der Waals surface area contributed by atoms with E-state index in [1.54, 1.807) is 0 Å². The van der Waals surface area contributed by atoms with Crippen molar-refractivity contribution < 1.29 is 14.3 Å². The fourth-order valence-electron chi connectivity index (χ4n) is 2.38. The summed E-state index contributed by atoms with van der Waals surface area (Å²) in [4.78, 5) is 24.7. The summed E-state index contributed by atoms with van der Waals surface area (Å²) in [6.45, 7) is 9.91. The Labute approximate surface area is 152 Å². The normalized spacial score (nSPS) is 11.2. The molecule has 0 aliphatic carbocycles. The number of rotatable bonds is 5. The van der Waals surface area contributed by atoms with Crippen molar-refractivity contribution >= 4 is 28.2 Å². The lowest BCUT2D eigenvalue weighted by Crippen LogP contribution is -2.22. The van der Waals surface area contributed by atoms with Gasteiger partial charge in [-0.3, -0.25) is 9.59 Å². The van der Waals surface area contributed by atoms with Gasteiger partial charge in [0.2, 0.25) is 0 Å². The number of anilines is 1. The maximum atomic E-state index is 12.2. The Morgan fingerprint density at radius 3 is 2.52 bits per heavy atom. The van der Waals surface area contributed by atoms with Gasteiger partial charge in [-0.15, -0.1) is 11.3 Å². The quantitative estimate of drug-likeness (QED) is 0.851. The number of primary amides is 1. The van der Waals surface area contributed by atoms with Crippen molar-refractivity contribution in [1.29, 1.82) is 0 Å². The second-order valence-corrected chi connectivity index (χ2v) is 8.19. The molecule has 0 saturated carbocycles. The number of hydrogen-bond acceptors (Lipinski definition) is 4. The average molecular weight is 360 g/mol. The zero-order valence-electron chi connectivity index (χ0n) is 15.2. The fraction of sp³-hybridized carbons (Fsp3) is 0.368. The predicted molar refractivity (Wildman–Crippen MR) is 102 cm³/mol. The molecule has 0 bridgehead atoms. The van der Waals surface area contributed by atoms with Crippen LogP contribution in [-0.2, 0) is 10.2 Å². The molecule has 5 nitrogen and oxygen atoms in total. The van der Waals surface area contributed by atoms with E-state index in [1.165, 1.54) is 11.3 Å². The van der Waals surface area contributed by atoms with E-state index in [-0.39, 0.29) is 17.9 Å². The van der Waals surface area contributed by atoms with Gasteiger partial charge in [0.05, 0.1) is 5.56 Å². The number of nitrogens with one attached hydrogen (secondary N) is 1. The molecule has 0 fully saturated rings. The molecule has 2 amide bonds. The monoisotopic (exact) mass is 360 g/mol. The zero-order valence-corrected chi connectivity index (χ0v) is 16.0. The second-order valence-electron chi connectivity index (χ2n) is 6.97. The third-order valence-electron chi connectivity index (χ3n) is 3.95. The van der Waals surface area contributed by atoms with Crippen LogP contribution in [0.15, 0.2) is 24.3 Å². The maximum Gasteiger partial charge on any atom is 0.262 e. The van der Waals surface area contributed by atoms with E-state index in [2.05, 4.69) is 26.1 Å². The standard InChI is InChI=1S/C19H24N2O3S/c1-11-12(2)25-18(16(11)17(20)23)21-15(22)10-24-14-8-6-7-13(9-14)19(3,4)5/h6-9H,10H2,1-5H3,(H2,20,23)(H,21,22). The van der Waals surface area contributed by atoms with Gasteiger partial charge in [-0.1, -0.05) is 32.9 Å². The first-order valence-electron chi connectivity index (χ1n) is 8.02. The first kappa shape index (κ1) is 19.0. The molecule has 1 aromatic heterocycles. The minimum absolute atomic E-state index is 0.00401. The minimum atomic E-state index is -0.545. The Balaban J connectivity index is 2.05. The highest BCUT2D eigenvalue weighted by molar-refractivity contribution is 7.16. The molecule has 0 aliphatic rings. The third-order valence-corrected chi connectivity index (χ3v) is 5.08. The van der Waals surface area contributed by atoms with Gasteiger partial charge in [-0.25, -0.2) is 0 Å². The summed E-state index contributed by atoms with van der Waals surface area (Å²) in [6, 6.07) is 7.69. The Morgan fingerprint density at radius 1 is 1.24 bits per heavy atom. The van der Waals surface area contributed by atoms with E-state index < -0.39 is 5.91 Å². The van der Waals surface area contributed by atoms with Gasteiger partial charge in [-0.05, 0) is 42.5 Å².